The first-order valence-electron chi connectivity index (χ1n) is 5.84. The molecule has 0 radical (unpaired) electrons. The summed E-state index contributed by atoms with van der Waals surface area (Å²) in [6.07, 6.45) is 4.80. The average Bonchev–Trinajstić information content (AvgIpc) is 2.46. The molecular weight excluding hydrogens is 278 g/mol. The fourth-order valence-electron chi connectivity index (χ4n) is 1.37. The number of nitrogens with one attached hydrogen (secondary N) is 1. The first-order chi connectivity index (χ1) is 9.74. The second-order valence-corrected chi connectivity index (χ2v) is 4.26. The second kappa shape index (κ2) is 7.25. The molecule has 0 aliphatic carbocycles. The number of nitrogens with zero attached hydrogens (tertiary/aromatic N) is 2. The molecule has 0 bridgehead atoms. The molecule has 20 heavy (non-hydrogen) atoms. The maximum Gasteiger partial charge on any atom is 0.277 e. The van der Waals surface area contributed by atoms with Crippen molar-refractivity contribution in [3.63, 3.8) is 0 Å². The minimum Gasteiger partial charge on any atom is -0.484 e. The Bertz CT molecular complexity index is 602. The zero-order valence-electron chi connectivity index (χ0n) is 10.5. The first kappa shape index (κ1) is 14.0. The third-order valence-electron chi connectivity index (χ3n) is 2.25. The van der Waals surface area contributed by atoms with Gasteiger partial charge in [-0.2, -0.15) is 5.10 Å². The largest absolute Gasteiger partial charge is 0.484 e. The van der Waals surface area contributed by atoms with Gasteiger partial charge in [0.15, 0.2) is 6.61 Å². The Morgan fingerprint density at radius 3 is 3.05 bits per heavy atom. The number of halogens is 1. The molecule has 0 atom stereocenters. The van der Waals surface area contributed by atoms with Gasteiger partial charge in [-0.3, -0.25) is 9.78 Å². The first-order valence-corrected chi connectivity index (χ1v) is 6.22. The van der Waals surface area contributed by atoms with E-state index in [1.165, 1.54) is 6.21 Å². The molecule has 1 heterocycles. The summed E-state index contributed by atoms with van der Waals surface area (Å²) in [6, 6.07) is 10.4. The molecule has 6 heteroatoms. The van der Waals surface area contributed by atoms with Gasteiger partial charge in [0.25, 0.3) is 5.91 Å². The molecule has 102 valence electrons. The molecule has 0 unspecified atom stereocenters. The molecule has 1 amide bonds. The van der Waals surface area contributed by atoms with Crippen molar-refractivity contribution in [2.45, 2.75) is 0 Å². The third-order valence-corrected chi connectivity index (χ3v) is 2.49. The van der Waals surface area contributed by atoms with Crippen molar-refractivity contribution in [3.8, 4) is 5.75 Å². The number of amides is 1. The number of carbonyl (C=O) groups excluding carboxylic acids is 1. The molecule has 0 aliphatic rings. The molecule has 1 aromatic carbocycles. The minimum absolute atomic E-state index is 0.134. The van der Waals surface area contributed by atoms with E-state index in [4.69, 9.17) is 16.3 Å². The highest BCUT2D eigenvalue weighted by molar-refractivity contribution is 6.30. The quantitative estimate of drug-likeness (QED) is 0.678. The number of hydrogen-bond donors (Lipinski definition) is 1. The van der Waals surface area contributed by atoms with Crippen LogP contribution in [-0.2, 0) is 4.79 Å². The Hall–Kier alpha value is -2.40. The molecule has 0 aliphatic heterocycles. The fourth-order valence-corrected chi connectivity index (χ4v) is 1.55. The van der Waals surface area contributed by atoms with Crippen molar-refractivity contribution in [1.82, 2.24) is 10.4 Å². The Balaban J connectivity index is 1.77. The Kier molecular flexibility index (Phi) is 5.08. The van der Waals surface area contributed by atoms with E-state index < -0.39 is 0 Å². The van der Waals surface area contributed by atoms with Gasteiger partial charge in [0.05, 0.1) is 6.21 Å². The highest BCUT2D eigenvalue weighted by atomic mass is 35.5. The predicted octanol–water partition coefficient (Wildman–Crippen LogP) is 2.26. The molecule has 1 N–H and O–H groups in total. The third kappa shape index (κ3) is 4.70. The topological polar surface area (TPSA) is 63.6 Å². The van der Waals surface area contributed by atoms with Crippen LogP contribution in [0.5, 0.6) is 5.75 Å². The van der Waals surface area contributed by atoms with Crippen LogP contribution in [0, 0.1) is 0 Å². The second-order valence-electron chi connectivity index (χ2n) is 3.83. The van der Waals surface area contributed by atoms with Crippen molar-refractivity contribution >= 4 is 23.7 Å². The van der Waals surface area contributed by atoms with Gasteiger partial charge < -0.3 is 4.74 Å². The summed E-state index contributed by atoms with van der Waals surface area (Å²) in [5, 5.41) is 4.35. The Morgan fingerprint density at radius 2 is 2.30 bits per heavy atom. The van der Waals surface area contributed by atoms with E-state index in [0.717, 1.165) is 5.56 Å². The van der Waals surface area contributed by atoms with Crippen LogP contribution in [-0.4, -0.2) is 23.7 Å². The van der Waals surface area contributed by atoms with Crippen LogP contribution in [0.4, 0.5) is 0 Å². The molecule has 0 spiro atoms. The van der Waals surface area contributed by atoms with Crippen LogP contribution in [0.3, 0.4) is 0 Å². The monoisotopic (exact) mass is 289 g/mol. The van der Waals surface area contributed by atoms with E-state index in [9.17, 15) is 4.79 Å². The zero-order valence-corrected chi connectivity index (χ0v) is 11.2. The van der Waals surface area contributed by atoms with Gasteiger partial charge in [0, 0.05) is 23.0 Å². The normalized spacial score (nSPS) is 10.4. The van der Waals surface area contributed by atoms with E-state index in [2.05, 4.69) is 15.5 Å². The van der Waals surface area contributed by atoms with Crippen molar-refractivity contribution in [1.29, 1.82) is 0 Å². The number of hydrazone groups is 1. The lowest BCUT2D eigenvalue weighted by molar-refractivity contribution is -0.123. The smallest absolute Gasteiger partial charge is 0.277 e. The summed E-state index contributed by atoms with van der Waals surface area (Å²) in [7, 11) is 0. The molecule has 2 aromatic rings. The van der Waals surface area contributed by atoms with Gasteiger partial charge in [-0.1, -0.05) is 23.7 Å². The van der Waals surface area contributed by atoms with Gasteiger partial charge in [-0.05, 0) is 24.3 Å². The van der Waals surface area contributed by atoms with E-state index >= 15 is 0 Å². The Morgan fingerprint density at radius 1 is 1.40 bits per heavy atom. The standard InChI is InChI=1S/C14H12ClN3O2/c15-12-4-1-5-13(7-12)20-10-14(19)18-17-9-11-3-2-6-16-8-11/h1-9H,10H2,(H,18,19)/b17-9+. The summed E-state index contributed by atoms with van der Waals surface area (Å²) in [5.41, 5.74) is 3.16. The highest BCUT2D eigenvalue weighted by Crippen LogP contribution is 2.16. The summed E-state index contributed by atoms with van der Waals surface area (Å²) in [4.78, 5) is 15.4. The lowest BCUT2D eigenvalue weighted by Crippen LogP contribution is -2.24. The van der Waals surface area contributed by atoms with Crippen LogP contribution in [0.25, 0.3) is 0 Å². The van der Waals surface area contributed by atoms with E-state index in [0.29, 0.717) is 10.8 Å². The molecule has 2 rings (SSSR count). The molecule has 0 fully saturated rings. The van der Waals surface area contributed by atoms with Gasteiger partial charge >= 0.3 is 0 Å². The summed E-state index contributed by atoms with van der Waals surface area (Å²) < 4.78 is 5.27. The number of rotatable bonds is 5. The number of benzene rings is 1. The summed E-state index contributed by atoms with van der Waals surface area (Å²) in [6.45, 7) is -0.134. The molecule has 1 aromatic heterocycles. The maximum absolute atomic E-state index is 11.5. The van der Waals surface area contributed by atoms with Crippen molar-refractivity contribution in [2.24, 2.45) is 5.10 Å². The van der Waals surface area contributed by atoms with Gasteiger partial charge in [0.1, 0.15) is 5.75 Å². The van der Waals surface area contributed by atoms with Gasteiger partial charge in [0.2, 0.25) is 0 Å². The highest BCUT2D eigenvalue weighted by Gasteiger charge is 2.01. The number of hydrogen-bond acceptors (Lipinski definition) is 4. The number of carbonyl (C=O) groups is 1. The number of ether oxygens (including phenoxy) is 1. The van der Waals surface area contributed by atoms with Crippen LogP contribution in [0.1, 0.15) is 5.56 Å². The van der Waals surface area contributed by atoms with Crippen LogP contribution < -0.4 is 10.2 Å². The van der Waals surface area contributed by atoms with E-state index in [1.54, 1.807) is 42.7 Å². The van der Waals surface area contributed by atoms with Crippen LogP contribution in [0.15, 0.2) is 53.9 Å². The molecule has 0 saturated carbocycles. The molecule has 5 nitrogen and oxygen atoms in total. The maximum atomic E-state index is 11.5. The van der Waals surface area contributed by atoms with Crippen LogP contribution in [0.2, 0.25) is 5.02 Å². The minimum atomic E-state index is -0.356. The molecular formula is C14H12ClN3O2. The van der Waals surface area contributed by atoms with Crippen molar-refractivity contribution < 1.29 is 9.53 Å². The number of aromatic nitrogens is 1. The lowest BCUT2D eigenvalue weighted by atomic mass is 10.3. The van der Waals surface area contributed by atoms with Crippen molar-refractivity contribution in [3.05, 3.63) is 59.4 Å². The fraction of sp³-hybridized carbons (Fsp3) is 0.0714. The number of pyridine rings is 1. The molecule has 0 saturated heterocycles. The predicted molar refractivity (Wildman–Crippen MR) is 76.9 cm³/mol. The van der Waals surface area contributed by atoms with Crippen molar-refractivity contribution in [2.75, 3.05) is 6.61 Å². The SMILES string of the molecule is O=C(COc1cccc(Cl)c1)N/N=C/c1cccnc1. The lowest BCUT2D eigenvalue weighted by Gasteiger charge is -2.04. The average molecular weight is 290 g/mol. The van der Waals surface area contributed by atoms with E-state index in [-0.39, 0.29) is 12.5 Å². The Labute approximate surface area is 121 Å². The zero-order chi connectivity index (χ0) is 14.2. The van der Waals surface area contributed by atoms with Crippen LogP contribution >= 0.6 is 11.6 Å². The van der Waals surface area contributed by atoms with Gasteiger partial charge in [-0.15, -0.1) is 0 Å². The summed E-state index contributed by atoms with van der Waals surface area (Å²) >= 11 is 5.80. The van der Waals surface area contributed by atoms with E-state index in [1.807, 2.05) is 6.07 Å². The summed E-state index contributed by atoms with van der Waals surface area (Å²) in [5.74, 6) is 0.175. The van der Waals surface area contributed by atoms with Gasteiger partial charge in [-0.25, -0.2) is 5.43 Å².